The van der Waals surface area contributed by atoms with Crippen LogP contribution in [-0.4, -0.2) is 38.2 Å². The Morgan fingerprint density at radius 3 is 2.46 bits per heavy atom. The van der Waals surface area contributed by atoms with Crippen molar-refractivity contribution in [3.05, 3.63) is 89.9 Å². The zero-order valence-electron chi connectivity index (χ0n) is 21.7. The first kappa shape index (κ1) is 27.2. The van der Waals surface area contributed by atoms with Crippen LogP contribution in [0.3, 0.4) is 0 Å². The topological polar surface area (TPSA) is 125 Å². The number of esters is 1. The molecule has 1 amide bonds. The molecule has 1 aromatic heterocycles. The van der Waals surface area contributed by atoms with Crippen LogP contribution >= 0.6 is 0 Å². The van der Waals surface area contributed by atoms with Crippen LogP contribution in [0.5, 0.6) is 11.5 Å². The van der Waals surface area contributed by atoms with Gasteiger partial charge < -0.3 is 30.6 Å². The molecule has 0 aliphatic heterocycles. The van der Waals surface area contributed by atoms with Crippen molar-refractivity contribution in [2.75, 3.05) is 32.4 Å². The van der Waals surface area contributed by atoms with E-state index in [2.05, 4.69) is 15.6 Å². The number of pyridine rings is 1. The van der Waals surface area contributed by atoms with Gasteiger partial charge >= 0.3 is 5.97 Å². The summed E-state index contributed by atoms with van der Waals surface area (Å²) in [5.74, 6) is -0.350. The zero-order chi connectivity index (χ0) is 27.9. The molecular weight excluding hydrogens is 503 g/mol. The van der Waals surface area contributed by atoms with Crippen molar-refractivity contribution in [3.8, 4) is 11.5 Å². The number of ether oxygens (including phenoxy) is 3. The molecule has 0 saturated heterocycles. The monoisotopic (exact) mass is 532 g/mol. The summed E-state index contributed by atoms with van der Waals surface area (Å²) in [6, 6.07) is 16.3. The fourth-order valence-electron chi connectivity index (χ4n) is 4.29. The number of nitrogen functional groups attached to an aromatic ring is 1. The van der Waals surface area contributed by atoms with Gasteiger partial charge in [0.05, 0.1) is 33.8 Å². The van der Waals surface area contributed by atoms with Gasteiger partial charge in [-0.05, 0) is 53.4 Å². The van der Waals surface area contributed by atoms with E-state index in [1.165, 1.54) is 39.5 Å². The van der Waals surface area contributed by atoms with Crippen molar-refractivity contribution in [2.45, 2.75) is 18.5 Å². The summed E-state index contributed by atoms with van der Waals surface area (Å²) in [6.07, 6.45) is 1.34. The number of fused-ring (bicyclic) bond motifs is 1. The minimum absolute atomic E-state index is 0.163. The number of nitrogens with two attached hydrogens (primary N) is 1. The van der Waals surface area contributed by atoms with Crippen molar-refractivity contribution in [1.29, 1.82) is 0 Å². The van der Waals surface area contributed by atoms with Crippen LogP contribution in [-0.2, 0) is 14.3 Å². The number of hydrogen-bond donors (Lipinski definition) is 3. The Kier molecular flexibility index (Phi) is 8.45. The highest BCUT2D eigenvalue weighted by atomic mass is 19.1. The number of carbonyl (C=O) groups is 2. The molecule has 10 heteroatoms. The molecule has 9 nitrogen and oxygen atoms in total. The van der Waals surface area contributed by atoms with Crippen LogP contribution in [0.4, 0.5) is 15.9 Å². The third-order valence-corrected chi connectivity index (χ3v) is 6.30. The van der Waals surface area contributed by atoms with E-state index in [9.17, 15) is 14.0 Å². The molecule has 0 fully saturated rings. The van der Waals surface area contributed by atoms with Crippen LogP contribution in [0, 0.1) is 5.82 Å². The SMILES string of the molecule is COC(=O)C[C@@H](NC(=O)C(Nc1ccc2c(N)nccc2c1)c1ccc(OC)c(OC)c1)c1ccccc1F. The number of hydrogen-bond acceptors (Lipinski definition) is 8. The van der Waals surface area contributed by atoms with Gasteiger partial charge in [-0.25, -0.2) is 9.37 Å². The maximum absolute atomic E-state index is 14.7. The normalized spacial score (nSPS) is 12.3. The summed E-state index contributed by atoms with van der Waals surface area (Å²) >= 11 is 0. The lowest BCUT2D eigenvalue weighted by Gasteiger charge is -2.25. The van der Waals surface area contributed by atoms with E-state index in [4.69, 9.17) is 19.9 Å². The molecular formula is C29H29FN4O5. The van der Waals surface area contributed by atoms with E-state index in [0.29, 0.717) is 28.6 Å². The molecule has 2 atom stereocenters. The second-order valence-electron chi connectivity index (χ2n) is 8.69. The summed E-state index contributed by atoms with van der Waals surface area (Å²) < 4.78 is 30.3. The number of carbonyl (C=O) groups excluding carboxylic acids is 2. The second-order valence-corrected chi connectivity index (χ2v) is 8.69. The fraction of sp³-hybridized carbons (Fsp3) is 0.207. The summed E-state index contributed by atoms with van der Waals surface area (Å²) in [5, 5.41) is 7.68. The minimum atomic E-state index is -0.974. The summed E-state index contributed by atoms with van der Waals surface area (Å²) in [5.41, 5.74) is 7.32. The number of amides is 1. The van der Waals surface area contributed by atoms with E-state index in [-0.39, 0.29) is 12.0 Å². The second kappa shape index (κ2) is 12.1. The Bertz CT molecular complexity index is 1500. The van der Waals surface area contributed by atoms with E-state index in [1.54, 1.807) is 36.5 Å². The van der Waals surface area contributed by atoms with Crippen molar-refractivity contribution in [3.63, 3.8) is 0 Å². The third-order valence-electron chi connectivity index (χ3n) is 6.30. The van der Waals surface area contributed by atoms with Gasteiger partial charge in [0.25, 0.3) is 0 Å². The highest BCUT2D eigenvalue weighted by Crippen LogP contribution is 2.33. The third kappa shape index (κ3) is 6.18. The van der Waals surface area contributed by atoms with Gasteiger partial charge in [0.2, 0.25) is 5.91 Å². The Morgan fingerprint density at radius 1 is 0.974 bits per heavy atom. The number of rotatable bonds is 10. The molecule has 0 radical (unpaired) electrons. The molecule has 39 heavy (non-hydrogen) atoms. The van der Waals surface area contributed by atoms with Gasteiger partial charge in [-0.1, -0.05) is 24.3 Å². The maximum atomic E-state index is 14.7. The lowest BCUT2D eigenvalue weighted by Crippen LogP contribution is -2.37. The van der Waals surface area contributed by atoms with E-state index < -0.39 is 29.8 Å². The summed E-state index contributed by atoms with van der Waals surface area (Å²) in [4.78, 5) is 30.1. The van der Waals surface area contributed by atoms with Crippen LogP contribution in [0.15, 0.2) is 72.9 Å². The first-order chi connectivity index (χ1) is 18.8. The number of benzene rings is 3. The molecule has 0 aliphatic carbocycles. The number of aromatic nitrogens is 1. The van der Waals surface area contributed by atoms with Gasteiger partial charge in [0, 0.05) is 22.8 Å². The van der Waals surface area contributed by atoms with Crippen molar-refractivity contribution in [2.24, 2.45) is 0 Å². The highest BCUT2D eigenvalue weighted by molar-refractivity contribution is 5.94. The van der Waals surface area contributed by atoms with Crippen LogP contribution < -0.4 is 25.8 Å². The Labute approximate surface area is 225 Å². The molecule has 4 aromatic rings. The Balaban J connectivity index is 1.73. The molecule has 0 bridgehead atoms. The lowest BCUT2D eigenvalue weighted by atomic mass is 10.00. The highest BCUT2D eigenvalue weighted by Gasteiger charge is 2.28. The first-order valence-electron chi connectivity index (χ1n) is 12.1. The van der Waals surface area contributed by atoms with Crippen LogP contribution in [0.25, 0.3) is 10.8 Å². The molecule has 1 heterocycles. The first-order valence-corrected chi connectivity index (χ1v) is 12.1. The molecule has 202 valence electrons. The molecule has 0 aliphatic rings. The molecule has 3 aromatic carbocycles. The number of nitrogens with zero attached hydrogens (tertiary/aromatic N) is 1. The number of halogens is 1. The minimum Gasteiger partial charge on any atom is -0.493 e. The lowest BCUT2D eigenvalue weighted by molar-refractivity contribution is -0.141. The van der Waals surface area contributed by atoms with E-state index in [1.807, 2.05) is 18.2 Å². The molecule has 4 rings (SSSR count). The largest absolute Gasteiger partial charge is 0.493 e. The average molecular weight is 533 g/mol. The molecule has 1 unspecified atom stereocenters. The number of nitrogens with one attached hydrogen (secondary N) is 2. The maximum Gasteiger partial charge on any atom is 0.307 e. The Morgan fingerprint density at radius 2 is 1.74 bits per heavy atom. The molecule has 4 N–H and O–H groups in total. The molecule has 0 spiro atoms. The van der Waals surface area contributed by atoms with Crippen LogP contribution in [0.1, 0.15) is 29.6 Å². The molecule has 0 saturated carbocycles. The quantitative estimate of drug-likeness (QED) is 0.254. The standard InChI is InChI=1S/C29H29FN4O5/c1-37-24-11-8-18(15-25(24)38-2)27(33-19-9-10-20-17(14-19)12-13-32-28(20)31)29(36)34-23(16-26(35)39-3)21-6-4-5-7-22(21)30/h4-15,23,27,33H,16H2,1-3H3,(H2,31,32)(H,34,36)/t23-,27?/m1/s1. The van der Waals surface area contributed by atoms with Gasteiger partial charge in [0.1, 0.15) is 17.7 Å². The van der Waals surface area contributed by atoms with Crippen molar-refractivity contribution < 1.29 is 28.2 Å². The zero-order valence-corrected chi connectivity index (χ0v) is 21.7. The van der Waals surface area contributed by atoms with Crippen LogP contribution in [0.2, 0.25) is 0 Å². The van der Waals surface area contributed by atoms with Gasteiger partial charge in [-0.3, -0.25) is 9.59 Å². The fourth-order valence-corrected chi connectivity index (χ4v) is 4.29. The number of methoxy groups -OCH3 is 3. The van der Waals surface area contributed by atoms with Crippen molar-refractivity contribution in [1.82, 2.24) is 10.3 Å². The predicted octanol–water partition coefficient (Wildman–Crippen LogP) is 4.55. The average Bonchev–Trinajstić information content (AvgIpc) is 2.95. The predicted molar refractivity (Wildman–Crippen MR) is 146 cm³/mol. The van der Waals surface area contributed by atoms with E-state index in [0.717, 1.165) is 10.8 Å². The van der Waals surface area contributed by atoms with Gasteiger partial charge in [-0.2, -0.15) is 0 Å². The smallest absolute Gasteiger partial charge is 0.307 e. The summed E-state index contributed by atoms with van der Waals surface area (Å²) in [6.45, 7) is 0. The number of anilines is 2. The van der Waals surface area contributed by atoms with Crippen molar-refractivity contribution >= 4 is 34.2 Å². The van der Waals surface area contributed by atoms with E-state index >= 15 is 0 Å². The summed E-state index contributed by atoms with van der Waals surface area (Å²) in [7, 11) is 4.25. The van der Waals surface area contributed by atoms with Gasteiger partial charge in [-0.15, -0.1) is 0 Å². The van der Waals surface area contributed by atoms with Gasteiger partial charge in [0.15, 0.2) is 11.5 Å². The Hall–Kier alpha value is -4.86.